The molecule has 0 aromatic rings. The van der Waals surface area contributed by atoms with Crippen LogP contribution in [0.5, 0.6) is 0 Å². The summed E-state index contributed by atoms with van der Waals surface area (Å²) in [7, 11) is 6.93. The van der Waals surface area contributed by atoms with Gasteiger partial charge in [-0.15, -0.1) is 0 Å². The maximum absolute atomic E-state index is 2.31. The zero-order valence-electron chi connectivity index (χ0n) is 35.9. The molecule has 0 rings (SSSR count). The van der Waals surface area contributed by atoms with E-state index in [9.17, 15) is 0 Å². The highest BCUT2D eigenvalue weighted by atomic mass is 35.5. The first kappa shape index (κ1) is 57.2. The van der Waals surface area contributed by atoms with E-state index in [0.29, 0.717) is 0 Å². The predicted octanol–water partition coefficient (Wildman–Crippen LogP) is 11.1. The molecule has 0 spiro atoms. The fourth-order valence-corrected chi connectivity index (χ4v) is 7.55. The minimum Gasteiger partial charge on any atom is -1.00 e. The summed E-state index contributed by atoms with van der Waals surface area (Å²) in [6.07, 6.45) is 60.8. The third-order valence-electron chi connectivity index (χ3n) is 10.9. The molecule has 0 bridgehead atoms. The van der Waals surface area contributed by atoms with Gasteiger partial charge in [-0.1, -0.05) is 257 Å². The van der Waals surface area contributed by atoms with Crippen molar-refractivity contribution >= 4 is 0 Å². The van der Waals surface area contributed by atoms with E-state index in [0.717, 1.165) is 4.48 Å². The van der Waals surface area contributed by atoms with Gasteiger partial charge in [0.2, 0.25) is 0 Å². The summed E-state index contributed by atoms with van der Waals surface area (Å²) in [6.45, 7) is 3.64. The summed E-state index contributed by atoms with van der Waals surface area (Å²) in [5, 5.41) is 0. The number of hydrogen-bond donors (Lipinski definition) is 1. The summed E-state index contributed by atoms with van der Waals surface area (Å²) in [4.78, 5) is 0. The Morgan fingerprint density at radius 2 is 0.340 bits per heavy atom. The Morgan fingerprint density at radius 3 is 0.460 bits per heavy atom. The molecule has 308 valence electrons. The Balaban J connectivity index is -0.00000353. The molecule has 2 nitrogen and oxygen atoms in total. The van der Waals surface area contributed by atoms with Crippen molar-refractivity contribution in [3.05, 3.63) is 0 Å². The van der Waals surface area contributed by atoms with Crippen molar-refractivity contribution in [2.45, 2.75) is 270 Å². The van der Waals surface area contributed by atoms with Crippen LogP contribution in [-0.4, -0.2) is 32.2 Å². The second kappa shape index (κ2) is 49.5. The molecular weight excluding hydrogens is 651 g/mol. The van der Waals surface area contributed by atoms with Crippen molar-refractivity contribution in [1.29, 1.82) is 0 Å². The van der Waals surface area contributed by atoms with Crippen LogP contribution in [0.15, 0.2) is 0 Å². The number of hydrogen-bond acceptors (Lipinski definition) is 0. The average Bonchev–Trinajstić information content (AvgIpc) is 3.05. The van der Waals surface area contributed by atoms with Gasteiger partial charge in [-0.3, -0.25) is 0 Å². The van der Waals surface area contributed by atoms with Gasteiger partial charge in [0, 0.05) is 0 Å². The maximum Gasteiger partial charge on any atom is 0.0780 e. The summed E-state index contributed by atoms with van der Waals surface area (Å²) < 4.78 is 1.12. The standard InChI is InChI=1S/C46H96N.2ClH.H3N/c1-5-6-7-8-9-10-11-12-13-14-15-16-17-18-19-20-21-22-23-24-25-26-27-28-29-30-31-32-33-34-35-36-37-38-39-40-41-42-43-44-45-46-47(2,3)4;;;/h5-46H2,1-4H3;2*1H;1H3/q+1;;;/p-1. The van der Waals surface area contributed by atoms with Crippen LogP contribution in [0.1, 0.15) is 270 Å². The molecule has 0 saturated carbocycles. The van der Waals surface area contributed by atoms with Gasteiger partial charge in [0.1, 0.15) is 0 Å². The quantitative estimate of drug-likeness (QED) is 0.0476. The van der Waals surface area contributed by atoms with E-state index in [4.69, 9.17) is 0 Å². The van der Waals surface area contributed by atoms with E-state index >= 15 is 0 Å². The summed E-state index contributed by atoms with van der Waals surface area (Å²) >= 11 is 0. The lowest BCUT2D eigenvalue weighted by atomic mass is 10.0. The molecule has 0 aromatic heterocycles. The normalized spacial score (nSPS) is 11.3. The Labute approximate surface area is 332 Å². The van der Waals surface area contributed by atoms with Crippen molar-refractivity contribution < 1.29 is 29.3 Å². The Kier molecular flexibility index (Phi) is 56.7. The minimum atomic E-state index is 0. The van der Waals surface area contributed by atoms with Gasteiger partial charge in [-0.2, -0.15) is 0 Å². The van der Waals surface area contributed by atoms with Crippen LogP contribution in [0, 0.1) is 0 Å². The van der Waals surface area contributed by atoms with Gasteiger partial charge in [0.05, 0.1) is 27.7 Å². The second-order valence-corrected chi connectivity index (χ2v) is 17.2. The van der Waals surface area contributed by atoms with Gasteiger partial charge in [-0.25, -0.2) is 0 Å². The first-order chi connectivity index (χ1) is 23.1. The molecule has 0 saturated heterocycles. The van der Waals surface area contributed by atoms with E-state index in [2.05, 4.69) is 28.1 Å². The lowest BCUT2D eigenvalue weighted by molar-refractivity contribution is -0.870. The topological polar surface area (TPSA) is 36.5 Å². The summed E-state index contributed by atoms with van der Waals surface area (Å²) in [5.74, 6) is 0. The second-order valence-electron chi connectivity index (χ2n) is 17.2. The highest BCUT2D eigenvalue weighted by Gasteiger charge is 2.05. The van der Waals surface area contributed by atoms with Gasteiger partial charge >= 0.3 is 0 Å². The first-order valence-corrected chi connectivity index (χ1v) is 22.9. The summed E-state index contributed by atoms with van der Waals surface area (Å²) in [5.41, 5.74) is 0. The molecule has 0 radical (unpaired) electrons. The molecule has 4 heteroatoms. The van der Waals surface area contributed by atoms with Gasteiger partial charge in [0.15, 0.2) is 0 Å². The molecule has 0 aliphatic carbocycles. The molecule has 0 fully saturated rings. The van der Waals surface area contributed by atoms with Crippen molar-refractivity contribution in [1.82, 2.24) is 6.15 Å². The molecular formula is C46H100Cl2N2. The average molecular weight is 752 g/mol. The van der Waals surface area contributed by atoms with Crippen molar-refractivity contribution in [2.24, 2.45) is 0 Å². The molecule has 50 heavy (non-hydrogen) atoms. The maximum atomic E-state index is 2.31. The van der Waals surface area contributed by atoms with Crippen LogP contribution in [0.2, 0.25) is 0 Å². The summed E-state index contributed by atoms with van der Waals surface area (Å²) in [6, 6.07) is 0. The van der Waals surface area contributed by atoms with Crippen molar-refractivity contribution in [3.8, 4) is 0 Å². The number of quaternary nitrogens is 2. The van der Waals surface area contributed by atoms with Crippen molar-refractivity contribution in [2.75, 3.05) is 27.7 Å². The van der Waals surface area contributed by atoms with E-state index in [1.165, 1.54) is 270 Å². The highest BCUT2D eigenvalue weighted by molar-refractivity contribution is 4.54. The smallest absolute Gasteiger partial charge is 0.0780 e. The van der Waals surface area contributed by atoms with E-state index in [1.807, 2.05) is 0 Å². The molecule has 0 unspecified atom stereocenters. The van der Waals surface area contributed by atoms with E-state index in [-0.39, 0.29) is 31.0 Å². The SMILES string of the molecule is CCCCCCCCCCCCCCCCCCCCCCCCCCCCCCCCCCCCCCCCCCC[N+](C)(C)C.[Cl-].[Cl-].[NH4+]. The fourth-order valence-electron chi connectivity index (χ4n) is 7.55. The minimum absolute atomic E-state index is 0. The van der Waals surface area contributed by atoms with Gasteiger partial charge in [0.25, 0.3) is 0 Å². The lowest BCUT2D eigenvalue weighted by Crippen LogP contribution is -3.00. The highest BCUT2D eigenvalue weighted by Crippen LogP contribution is 2.18. The molecule has 0 aromatic carbocycles. The molecule has 0 heterocycles. The molecule has 0 aliphatic heterocycles. The third kappa shape index (κ3) is 55.3. The van der Waals surface area contributed by atoms with Crippen LogP contribution < -0.4 is 31.0 Å². The van der Waals surface area contributed by atoms with Gasteiger partial charge < -0.3 is 35.4 Å². The number of nitrogens with zero attached hydrogens (tertiary/aromatic N) is 1. The molecule has 4 N–H and O–H groups in total. The third-order valence-corrected chi connectivity index (χ3v) is 10.9. The predicted molar refractivity (Wildman–Crippen MR) is 224 cm³/mol. The number of halogens is 2. The van der Waals surface area contributed by atoms with Crippen LogP contribution in [-0.2, 0) is 0 Å². The number of rotatable bonds is 42. The largest absolute Gasteiger partial charge is 1.00 e. The van der Waals surface area contributed by atoms with Crippen molar-refractivity contribution in [3.63, 3.8) is 0 Å². The fraction of sp³-hybridized carbons (Fsp3) is 1.00. The molecule has 0 amide bonds. The Bertz CT molecular complexity index is 551. The molecule has 0 atom stereocenters. The zero-order valence-corrected chi connectivity index (χ0v) is 37.4. The van der Waals surface area contributed by atoms with Crippen LogP contribution >= 0.6 is 0 Å². The van der Waals surface area contributed by atoms with Crippen LogP contribution in [0.25, 0.3) is 0 Å². The van der Waals surface area contributed by atoms with E-state index in [1.54, 1.807) is 0 Å². The first-order valence-electron chi connectivity index (χ1n) is 22.9. The van der Waals surface area contributed by atoms with E-state index < -0.39 is 0 Å². The van der Waals surface area contributed by atoms with Crippen LogP contribution in [0.3, 0.4) is 0 Å². The lowest BCUT2D eigenvalue weighted by Gasteiger charge is -2.23. The monoisotopic (exact) mass is 751 g/mol. The molecule has 0 aliphatic rings. The number of unbranched alkanes of at least 4 members (excludes halogenated alkanes) is 40. The zero-order chi connectivity index (χ0) is 34.2. The Morgan fingerprint density at radius 1 is 0.220 bits per heavy atom. The van der Waals surface area contributed by atoms with Gasteiger partial charge in [-0.05, 0) is 12.8 Å². The van der Waals surface area contributed by atoms with Crippen LogP contribution in [0.4, 0.5) is 0 Å². The Hall–Kier alpha value is 0.500.